The summed E-state index contributed by atoms with van der Waals surface area (Å²) < 4.78 is 4.96. The normalized spacial score (nSPS) is 18.6. The van der Waals surface area contributed by atoms with Crippen molar-refractivity contribution in [3.8, 4) is 0 Å². The van der Waals surface area contributed by atoms with E-state index in [9.17, 15) is 4.79 Å². The van der Waals surface area contributed by atoms with E-state index in [-0.39, 0.29) is 5.91 Å². The van der Waals surface area contributed by atoms with Crippen molar-refractivity contribution in [1.29, 1.82) is 0 Å². The van der Waals surface area contributed by atoms with Crippen LogP contribution in [0.5, 0.6) is 0 Å². The molecule has 0 saturated heterocycles. The molecule has 0 aliphatic heterocycles. The second kappa shape index (κ2) is 6.86. The van der Waals surface area contributed by atoms with Gasteiger partial charge < -0.3 is 15.8 Å². The molecule has 0 radical (unpaired) electrons. The first kappa shape index (κ1) is 13.5. The Kier molecular flexibility index (Phi) is 5.77. The number of unbranched alkanes of at least 4 members (excludes halogenated alkanes) is 2. The summed E-state index contributed by atoms with van der Waals surface area (Å²) in [4.78, 5) is 11.8. The number of carbonyl (C=O) groups excluding carboxylic acids is 1. The second-order valence-electron chi connectivity index (χ2n) is 4.67. The van der Waals surface area contributed by atoms with E-state index in [1.54, 1.807) is 7.11 Å². The van der Waals surface area contributed by atoms with Crippen molar-refractivity contribution in [3.05, 3.63) is 0 Å². The number of hydrogen-bond acceptors (Lipinski definition) is 3. The molecular formula is C12H24N2O2. The average Bonchev–Trinajstić information content (AvgIpc) is 2.71. The van der Waals surface area contributed by atoms with Crippen molar-refractivity contribution in [2.45, 2.75) is 50.5 Å². The van der Waals surface area contributed by atoms with Crippen LogP contribution in [0.2, 0.25) is 0 Å². The largest absolute Gasteiger partial charge is 0.385 e. The molecule has 1 amide bonds. The van der Waals surface area contributed by atoms with Crippen LogP contribution in [0.15, 0.2) is 0 Å². The number of nitrogens with one attached hydrogen (secondary N) is 1. The van der Waals surface area contributed by atoms with Crippen LogP contribution in [0, 0.1) is 0 Å². The van der Waals surface area contributed by atoms with Crippen molar-refractivity contribution in [1.82, 2.24) is 5.32 Å². The smallest absolute Gasteiger partial charge is 0.240 e. The van der Waals surface area contributed by atoms with Gasteiger partial charge in [-0.05, 0) is 32.1 Å². The summed E-state index contributed by atoms with van der Waals surface area (Å²) >= 11 is 0. The summed E-state index contributed by atoms with van der Waals surface area (Å²) in [7, 11) is 1.71. The van der Waals surface area contributed by atoms with Crippen molar-refractivity contribution in [2.75, 3.05) is 20.3 Å². The van der Waals surface area contributed by atoms with Crippen molar-refractivity contribution < 1.29 is 9.53 Å². The molecule has 0 unspecified atom stereocenters. The van der Waals surface area contributed by atoms with Gasteiger partial charge in [-0.1, -0.05) is 12.8 Å². The highest BCUT2D eigenvalue weighted by Gasteiger charge is 2.36. The minimum Gasteiger partial charge on any atom is -0.385 e. The first-order valence-corrected chi connectivity index (χ1v) is 6.25. The van der Waals surface area contributed by atoms with Crippen LogP contribution in [0.3, 0.4) is 0 Å². The third-order valence-corrected chi connectivity index (χ3v) is 3.26. The monoisotopic (exact) mass is 228 g/mol. The molecule has 1 aliphatic rings. The van der Waals surface area contributed by atoms with Crippen LogP contribution in [0.1, 0.15) is 44.9 Å². The molecule has 94 valence electrons. The Bertz CT molecular complexity index is 213. The van der Waals surface area contributed by atoms with Gasteiger partial charge in [-0.25, -0.2) is 0 Å². The van der Waals surface area contributed by atoms with E-state index in [2.05, 4.69) is 5.32 Å². The van der Waals surface area contributed by atoms with E-state index in [0.717, 1.165) is 58.1 Å². The second-order valence-corrected chi connectivity index (χ2v) is 4.67. The Morgan fingerprint density at radius 3 is 2.62 bits per heavy atom. The lowest BCUT2D eigenvalue weighted by molar-refractivity contribution is -0.126. The lowest BCUT2D eigenvalue weighted by atomic mass is 9.98. The third kappa shape index (κ3) is 4.10. The van der Waals surface area contributed by atoms with E-state index >= 15 is 0 Å². The standard InChI is InChI=1S/C12H24N2O2/c1-16-10-6-2-5-9-14-11(15)12(13)7-3-4-8-12/h2-10,13H2,1H3,(H,14,15). The highest BCUT2D eigenvalue weighted by Crippen LogP contribution is 2.27. The molecule has 4 heteroatoms. The van der Waals surface area contributed by atoms with Gasteiger partial charge in [0.05, 0.1) is 5.54 Å². The zero-order valence-corrected chi connectivity index (χ0v) is 10.3. The first-order chi connectivity index (χ1) is 7.69. The number of methoxy groups -OCH3 is 1. The number of amides is 1. The minimum atomic E-state index is -0.577. The highest BCUT2D eigenvalue weighted by molar-refractivity contribution is 5.86. The predicted octanol–water partition coefficient (Wildman–Crippen LogP) is 1.19. The number of hydrogen-bond donors (Lipinski definition) is 2. The topological polar surface area (TPSA) is 64.3 Å². The molecule has 0 aromatic heterocycles. The predicted molar refractivity (Wildman–Crippen MR) is 64.1 cm³/mol. The third-order valence-electron chi connectivity index (χ3n) is 3.26. The van der Waals surface area contributed by atoms with Crippen LogP contribution in [-0.4, -0.2) is 31.7 Å². The molecule has 3 N–H and O–H groups in total. The fourth-order valence-corrected chi connectivity index (χ4v) is 2.16. The highest BCUT2D eigenvalue weighted by atomic mass is 16.5. The Morgan fingerprint density at radius 1 is 1.31 bits per heavy atom. The lowest BCUT2D eigenvalue weighted by Gasteiger charge is -2.22. The summed E-state index contributed by atoms with van der Waals surface area (Å²) in [6, 6.07) is 0. The number of nitrogens with two attached hydrogens (primary N) is 1. The minimum absolute atomic E-state index is 0.0386. The molecular weight excluding hydrogens is 204 g/mol. The molecule has 16 heavy (non-hydrogen) atoms. The lowest BCUT2D eigenvalue weighted by Crippen LogP contribution is -2.52. The van der Waals surface area contributed by atoms with E-state index < -0.39 is 5.54 Å². The molecule has 4 nitrogen and oxygen atoms in total. The van der Waals surface area contributed by atoms with E-state index in [4.69, 9.17) is 10.5 Å². The van der Waals surface area contributed by atoms with Crippen LogP contribution >= 0.6 is 0 Å². The fraction of sp³-hybridized carbons (Fsp3) is 0.917. The molecule has 0 aromatic carbocycles. The number of ether oxygens (including phenoxy) is 1. The SMILES string of the molecule is COCCCCCNC(=O)C1(N)CCCC1. The summed E-state index contributed by atoms with van der Waals surface area (Å²) in [5, 5.41) is 2.94. The van der Waals surface area contributed by atoms with Crippen LogP contribution in [-0.2, 0) is 9.53 Å². The summed E-state index contributed by atoms with van der Waals surface area (Å²) in [6.07, 6.45) is 6.98. The molecule has 0 heterocycles. The Morgan fingerprint density at radius 2 is 2.00 bits per heavy atom. The van der Waals surface area contributed by atoms with Gasteiger partial charge in [0.15, 0.2) is 0 Å². The Balaban J connectivity index is 2.06. The molecule has 0 aromatic rings. The van der Waals surface area contributed by atoms with Gasteiger partial charge in [0.1, 0.15) is 0 Å². The van der Waals surface area contributed by atoms with Gasteiger partial charge >= 0.3 is 0 Å². The maximum atomic E-state index is 11.8. The molecule has 1 fully saturated rings. The van der Waals surface area contributed by atoms with Crippen LogP contribution < -0.4 is 11.1 Å². The summed E-state index contributed by atoms with van der Waals surface area (Å²) in [6.45, 7) is 1.54. The molecule has 0 atom stereocenters. The van der Waals surface area contributed by atoms with Gasteiger partial charge in [0.25, 0.3) is 0 Å². The zero-order chi connectivity index (χ0) is 11.9. The Hall–Kier alpha value is -0.610. The summed E-state index contributed by atoms with van der Waals surface area (Å²) in [5.41, 5.74) is 5.46. The Labute approximate surface area is 97.9 Å². The van der Waals surface area contributed by atoms with Gasteiger partial charge in [-0.15, -0.1) is 0 Å². The maximum Gasteiger partial charge on any atom is 0.240 e. The average molecular weight is 228 g/mol. The van der Waals surface area contributed by atoms with Crippen molar-refractivity contribution in [2.24, 2.45) is 5.73 Å². The molecule has 0 bridgehead atoms. The number of carbonyl (C=O) groups is 1. The van der Waals surface area contributed by atoms with E-state index in [0.29, 0.717) is 0 Å². The first-order valence-electron chi connectivity index (χ1n) is 6.25. The van der Waals surface area contributed by atoms with Gasteiger partial charge in [0.2, 0.25) is 5.91 Å². The maximum absolute atomic E-state index is 11.8. The fourth-order valence-electron chi connectivity index (χ4n) is 2.16. The van der Waals surface area contributed by atoms with E-state index in [1.165, 1.54) is 0 Å². The molecule has 1 rings (SSSR count). The van der Waals surface area contributed by atoms with Crippen LogP contribution in [0.4, 0.5) is 0 Å². The van der Waals surface area contributed by atoms with Crippen molar-refractivity contribution >= 4 is 5.91 Å². The molecule has 0 spiro atoms. The molecule has 1 aliphatic carbocycles. The van der Waals surface area contributed by atoms with Gasteiger partial charge in [0, 0.05) is 20.3 Å². The van der Waals surface area contributed by atoms with Crippen molar-refractivity contribution in [3.63, 3.8) is 0 Å². The summed E-state index contributed by atoms with van der Waals surface area (Å²) in [5.74, 6) is 0.0386. The zero-order valence-electron chi connectivity index (χ0n) is 10.3. The number of rotatable bonds is 7. The molecule has 1 saturated carbocycles. The quantitative estimate of drug-likeness (QED) is 0.643. The van der Waals surface area contributed by atoms with E-state index in [1.807, 2.05) is 0 Å². The van der Waals surface area contributed by atoms with Crippen LogP contribution in [0.25, 0.3) is 0 Å². The van der Waals surface area contributed by atoms with Gasteiger partial charge in [-0.2, -0.15) is 0 Å². The van der Waals surface area contributed by atoms with Gasteiger partial charge in [-0.3, -0.25) is 4.79 Å².